The first kappa shape index (κ1) is 21.7. The molecule has 0 bridgehead atoms. The van der Waals surface area contributed by atoms with Crippen molar-refractivity contribution >= 4 is 5.69 Å². The van der Waals surface area contributed by atoms with E-state index >= 15 is 0 Å². The predicted molar refractivity (Wildman–Crippen MR) is 106 cm³/mol. The predicted octanol–water partition coefficient (Wildman–Crippen LogP) is 5.92. The van der Waals surface area contributed by atoms with E-state index in [-0.39, 0.29) is 11.6 Å². The van der Waals surface area contributed by atoms with Crippen LogP contribution in [0.15, 0.2) is 73.5 Å². The zero-order valence-corrected chi connectivity index (χ0v) is 15.9. The van der Waals surface area contributed by atoms with Crippen LogP contribution in [0, 0.1) is 11.7 Å². The molecule has 0 fully saturated rings. The molecular formula is C22H24F4N2. The summed E-state index contributed by atoms with van der Waals surface area (Å²) >= 11 is 0. The van der Waals surface area contributed by atoms with Crippen LogP contribution in [0.25, 0.3) is 0 Å². The summed E-state index contributed by atoms with van der Waals surface area (Å²) < 4.78 is 53.5. The molecule has 2 nitrogen and oxygen atoms in total. The van der Waals surface area contributed by atoms with Crippen molar-refractivity contribution in [2.75, 3.05) is 26.0 Å². The van der Waals surface area contributed by atoms with E-state index in [2.05, 4.69) is 18.5 Å². The lowest BCUT2D eigenvalue weighted by molar-refractivity contribution is -0.137. The normalized spacial score (nSPS) is 13.8. The maximum atomic E-state index is 14.0. The van der Waals surface area contributed by atoms with Crippen molar-refractivity contribution in [3.05, 3.63) is 90.4 Å². The minimum atomic E-state index is -4.43. The number of benzene rings is 2. The zero-order chi connectivity index (χ0) is 20.9. The third kappa shape index (κ3) is 5.45. The number of rotatable bonds is 8. The Morgan fingerprint density at radius 3 is 2.39 bits per heavy atom. The Bertz CT molecular complexity index is 827. The van der Waals surface area contributed by atoms with Gasteiger partial charge in [0.15, 0.2) is 0 Å². The average Bonchev–Trinajstić information content (AvgIpc) is 2.62. The molecule has 0 aliphatic carbocycles. The van der Waals surface area contributed by atoms with E-state index in [0.717, 1.165) is 12.1 Å². The molecule has 1 N–H and O–H groups in total. The first-order valence-electron chi connectivity index (χ1n) is 8.78. The molecule has 0 radical (unpaired) electrons. The van der Waals surface area contributed by atoms with E-state index in [0.29, 0.717) is 17.8 Å². The third-order valence-electron chi connectivity index (χ3n) is 4.46. The Kier molecular flexibility index (Phi) is 7.02. The number of nitrogens with zero attached hydrogens (tertiary/aromatic N) is 1. The monoisotopic (exact) mass is 392 g/mol. The van der Waals surface area contributed by atoms with E-state index in [4.69, 9.17) is 0 Å². The van der Waals surface area contributed by atoms with Crippen LogP contribution in [0.5, 0.6) is 0 Å². The summed E-state index contributed by atoms with van der Waals surface area (Å²) in [5.41, 5.74) is 0.533. The fourth-order valence-electron chi connectivity index (χ4n) is 3.13. The van der Waals surface area contributed by atoms with Crippen molar-refractivity contribution in [1.82, 2.24) is 4.90 Å². The molecule has 0 heterocycles. The average molecular weight is 392 g/mol. The Balaban J connectivity index is 2.38. The van der Waals surface area contributed by atoms with E-state index in [9.17, 15) is 17.6 Å². The van der Waals surface area contributed by atoms with Crippen LogP contribution < -0.4 is 5.32 Å². The molecule has 6 heteroatoms. The highest BCUT2D eigenvalue weighted by atomic mass is 19.4. The van der Waals surface area contributed by atoms with Crippen molar-refractivity contribution in [3.8, 4) is 0 Å². The van der Waals surface area contributed by atoms with Gasteiger partial charge in [-0.1, -0.05) is 43.0 Å². The summed E-state index contributed by atoms with van der Waals surface area (Å²) in [6.07, 6.45) is -2.80. The molecule has 0 aliphatic heterocycles. The molecule has 2 rings (SSSR count). The molecule has 28 heavy (non-hydrogen) atoms. The molecular weight excluding hydrogens is 368 g/mol. The second-order valence-corrected chi connectivity index (χ2v) is 6.88. The van der Waals surface area contributed by atoms with Gasteiger partial charge in [0.1, 0.15) is 5.82 Å². The number of hydrogen-bond donors (Lipinski definition) is 1. The number of likely N-dealkylation sites (N-methyl/N-ethyl adjacent to an activating group) is 1. The smallest absolute Gasteiger partial charge is 0.357 e. The van der Waals surface area contributed by atoms with Crippen LogP contribution in [0.3, 0.4) is 0 Å². The summed E-state index contributed by atoms with van der Waals surface area (Å²) in [7, 11) is 3.68. The highest BCUT2D eigenvalue weighted by molar-refractivity contribution is 5.50. The Morgan fingerprint density at radius 1 is 1.14 bits per heavy atom. The SMILES string of the molecule is C=CC(C(=C)Nc1ccccc1F)C(CN(C)C)c1cccc(C(F)(F)F)c1. The van der Waals surface area contributed by atoms with Crippen molar-refractivity contribution < 1.29 is 17.6 Å². The van der Waals surface area contributed by atoms with Crippen LogP contribution in [-0.2, 0) is 6.18 Å². The minimum absolute atomic E-state index is 0.256. The maximum absolute atomic E-state index is 14.0. The number of nitrogens with one attached hydrogen (secondary N) is 1. The quantitative estimate of drug-likeness (QED) is 0.443. The van der Waals surface area contributed by atoms with Crippen molar-refractivity contribution in [2.45, 2.75) is 12.1 Å². The van der Waals surface area contributed by atoms with Crippen molar-refractivity contribution in [3.63, 3.8) is 0 Å². The van der Waals surface area contributed by atoms with Gasteiger partial charge in [0.05, 0.1) is 11.3 Å². The van der Waals surface area contributed by atoms with Gasteiger partial charge in [0.25, 0.3) is 0 Å². The molecule has 2 aromatic carbocycles. The van der Waals surface area contributed by atoms with Crippen LogP contribution in [0.2, 0.25) is 0 Å². The molecule has 0 amide bonds. The van der Waals surface area contributed by atoms with E-state index in [1.165, 1.54) is 12.1 Å². The molecule has 2 atom stereocenters. The zero-order valence-electron chi connectivity index (χ0n) is 15.9. The van der Waals surface area contributed by atoms with Crippen LogP contribution >= 0.6 is 0 Å². The van der Waals surface area contributed by atoms with Gasteiger partial charge in [-0.05, 0) is 37.9 Å². The maximum Gasteiger partial charge on any atom is 0.416 e. The molecule has 2 unspecified atom stereocenters. The molecule has 150 valence electrons. The number of para-hydroxylation sites is 1. The second-order valence-electron chi connectivity index (χ2n) is 6.88. The van der Waals surface area contributed by atoms with E-state index in [1.54, 1.807) is 30.3 Å². The summed E-state index contributed by atoms with van der Waals surface area (Å²) in [5, 5.41) is 2.95. The fourth-order valence-corrected chi connectivity index (χ4v) is 3.13. The van der Waals surface area contributed by atoms with Gasteiger partial charge < -0.3 is 10.2 Å². The molecule has 2 aromatic rings. The summed E-state index contributed by atoms with van der Waals surface area (Å²) in [6.45, 7) is 8.30. The van der Waals surface area contributed by atoms with Crippen molar-refractivity contribution in [2.24, 2.45) is 5.92 Å². The van der Waals surface area contributed by atoms with Gasteiger partial charge in [-0.25, -0.2) is 4.39 Å². The van der Waals surface area contributed by atoms with E-state index in [1.807, 2.05) is 19.0 Å². The lowest BCUT2D eigenvalue weighted by atomic mass is 9.83. The number of alkyl halides is 3. The molecule has 0 saturated heterocycles. The summed E-state index contributed by atoms with van der Waals surface area (Å²) in [4.78, 5) is 1.89. The number of hydrogen-bond acceptors (Lipinski definition) is 2. The Labute approximate surface area is 163 Å². The van der Waals surface area contributed by atoms with Gasteiger partial charge in [-0.15, -0.1) is 6.58 Å². The number of halogens is 4. The second kappa shape index (κ2) is 9.06. The topological polar surface area (TPSA) is 15.3 Å². The standard InChI is InChI=1S/C22H24F4N2/c1-5-18(15(2)27-21-12-7-6-11-20(21)23)19(14-28(3)4)16-9-8-10-17(13-16)22(24,25)26/h5-13,18-19,27H,1-2,14H2,3-4H3. The Hall–Kier alpha value is -2.60. The van der Waals surface area contributed by atoms with Gasteiger partial charge in [0, 0.05) is 24.1 Å². The lowest BCUT2D eigenvalue weighted by Gasteiger charge is -2.30. The molecule has 0 aromatic heterocycles. The van der Waals surface area contributed by atoms with Gasteiger partial charge in [-0.3, -0.25) is 0 Å². The molecule has 0 saturated carbocycles. The summed E-state index contributed by atoms with van der Waals surface area (Å²) in [6, 6.07) is 11.4. The first-order chi connectivity index (χ1) is 13.1. The number of allylic oxidation sites excluding steroid dienone is 1. The van der Waals surface area contributed by atoms with Gasteiger partial charge in [0.2, 0.25) is 0 Å². The van der Waals surface area contributed by atoms with Gasteiger partial charge >= 0.3 is 6.18 Å². The highest BCUT2D eigenvalue weighted by Crippen LogP contribution is 2.36. The van der Waals surface area contributed by atoms with Gasteiger partial charge in [-0.2, -0.15) is 13.2 Å². The highest BCUT2D eigenvalue weighted by Gasteiger charge is 2.32. The Morgan fingerprint density at radius 2 is 1.82 bits per heavy atom. The minimum Gasteiger partial charge on any atom is -0.357 e. The van der Waals surface area contributed by atoms with Crippen LogP contribution in [0.1, 0.15) is 17.0 Å². The molecule has 0 spiro atoms. The summed E-state index contributed by atoms with van der Waals surface area (Å²) in [5.74, 6) is -1.19. The van der Waals surface area contributed by atoms with Crippen LogP contribution in [-0.4, -0.2) is 25.5 Å². The molecule has 0 aliphatic rings. The fraction of sp³-hybridized carbons (Fsp3) is 0.273. The number of anilines is 1. The first-order valence-corrected chi connectivity index (χ1v) is 8.78. The lowest BCUT2D eigenvalue weighted by Crippen LogP contribution is -2.28. The van der Waals surface area contributed by atoms with Crippen LogP contribution in [0.4, 0.5) is 23.2 Å². The van der Waals surface area contributed by atoms with E-state index < -0.39 is 23.5 Å². The third-order valence-corrected chi connectivity index (χ3v) is 4.46. The largest absolute Gasteiger partial charge is 0.416 e. The van der Waals surface area contributed by atoms with Crippen molar-refractivity contribution in [1.29, 1.82) is 0 Å².